The van der Waals surface area contributed by atoms with Crippen molar-refractivity contribution in [3.8, 4) is 0 Å². The zero-order valence-corrected chi connectivity index (χ0v) is 24.5. The third-order valence-electron chi connectivity index (χ3n) is 7.13. The number of ether oxygens (including phenoxy) is 4. The highest BCUT2D eigenvalue weighted by Gasteiger charge is 2.42. The molecule has 1 saturated heterocycles. The van der Waals surface area contributed by atoms with E-state index in [0.717, 1.165) is 22.3 Å². The first-order valence-electron chi connectivity index (χ1n) is 14.1. The molecule has 1 fully saturated rings. The molecule has 1 aliphatic rings. The van der Waals surface area contributed by atoms with Gasteiger partial charge in [0.2, 0.25) is 10.0 Å². The number of nitrogens with one attached hydrogen (secondary N) is 1. The van der Waals surface area contributed by atoms with Gasteiger partial charge in [-0.05, 0) is 35.7 Å². The third kappa shape index (κ3) is 8.58. The van der Waals surface area contributed by atoms with Crippen LogP contribution in [0.2, 0.25) is 0 Å². The minimum atomic E-state index is -3.85. The standard InChI is InChI=1S/C34H37NO6S/c1-26-17-19-30(20-18-26)42(36,37)35-31-21-33(39-23-28-13-7-3-8-14-28)41-32(25-38-22-27-11-5-2-6-12-27)34(31)40-24-29-15-9-4-10-16-29/h2-20,31-35H,21-25H2,1H3/t31-,32+,33-,34-/m0/s1. The van der Waals surface area contributed by atoms with Gasteiger partial charge in [-0.3, -0.25) is 0 Å². The number of rotatable bonds is 13. The Labute approximate surface area is 248 Å². The highest BCUT2D eigenvalue weighted by molar-refractivity contribution is 7.89. The Hall–Kier alpha value is -3.37. The van der Waals surface area contributed by atoms with Crippen molar-refractivity contribution in [3.63, 3.8) is 0 Å². The van der Waals surface area contributed by atoms with Crippen LogP contribution in [0.1, 0.15) is 28.7 Å². The Kier molecular flexibility index (Phi) is 10.5. The molecule has 4 aromatic rings. The van der Waals surface area contributed by atoms with Crippen LogP contribution in [-0.4, -0.2) is 39.6 Å². The summed E-state index contributed by atoms with van der Waals surface area (Å²) < 4.78 is 55.1. The number of benzene rings is 4. The lowest BCUT2D eigenvalue weighted by Gasteiger charge is -2.41. The minimum Gasteiger partial charge on any atom is -0.374 e. The molecule has 0 aliphatic carbocycles. The molecule has 0 aromatic heterocycles. The van der Waals surface area contributed by atoms with Crippen molar-refractivity contribution in [3.05, 3.63) is 138 Å². The van der Waals surface area contributed by atoms with E-state index in [4.69, 9.17) is 18.9 Å². The molecule has 8 heteroatoms. The summed E-state index contributed by atoms with van der Waals surface area (Å²) in [6.45, 7) is 3.13. The van der Waals surface area contributed by atoms with Crippen LogP contribution >= 0.6 is 0 Å². The SMILES string of the molecule is Cc1ccc(S(=O)(=O)N[C@H]2C[C@@H](OCc3ccccc3)O[C@H](COCc3ccccc3)[C@H]2OCc2ccccc2)cc1. The summed E-state index contributed by atoms with van der Waals surface area (Å²) in [6.07, 6.45) is -1.61. The Morgan fingerprint density at radius 2 is 1.24 bits per heavy atom. The van der Waals surface area contributed by atoms with Gasteiger partial charge in [0.25, 0.3) is 0 Å². The Morgan fingerprint density at radius 1 is 0.714 bits per heavy atom. The Morgan fingerprint density at radius 3 is 1.81 bits per heavy atom. The average molecular weight is 588 g/mol. The smallest absolute Gasteiger partial charge is 0.240 e. The maximum Gasteiger partial charge on any atom is 0.240 e. The van der Waals surface area contributed by atoms with E-state index in [1.54, 1.807) is 24.3 Å². The van der Waals surface area contributed by atoms with E-state index >= 15 is 0 Å². The van der Waals surface area contributed by atoms with Crippen molar-refractivity contribution in [2.45, 2.75) is 62.6 Å². The van der Waals surface area contributed by atoms with Crippen LogP contribution in [0.3, 0.4) is 0 Å². The first-order chi connectivity index (χ1) is 20.5. The molecule has 1 aliphatic heterocycles. The molecular weight excluding hydrogens is 550 g/mol. The largest absolute Gasteiger partial charge is 0.374 e. The van der Waals surface area contributed by atoms with Crippen molar-refractivity contribution < 1.29 is 27.4 Å². The molecule has 0 radical (unpaired) electrons. The fourth-order valence-corrected chi connectivity index (χ4v) is 6.15. The lowest BCUT2D eigenvalue weighted by molar-refractivity contribution is -0.253. The predicted molar refractivity (Wildman–Crippen MR) is 161 cm³/mol. The van der Waals surface area contributed by atoms with E-state index < -0.39 is 34.6 Å². The number of hydrogen-bond donors (Lipinski definition) is 1. The molecule has 1 heterocycles. The van der Waals surface area contributed by atoms with Gasteiger partial charge in [0, 0.05) is 6.42 Å². The van der Waals surface area contributed by atoms with E-state index in [1.165, 1.54) is 0 Å². The summed E-state index contributed by atoms with van der Waals surface area (Å²) in [5.74, 6) is 0. The summed E-state index contributed by atoms with van der Waals surface area (Å²) in [4.78, 5) is 0.194. The van der Waals surface area contributed by atoms with E-state index in [2.05, 4.69) is 4.72 Å². The van der Waals surface area contributed by atoms with Gasteiger partial charge in [0.05, 0.1) is 37.4 Å². The van der Waals surface area contributed by atoms with Crippen LogP contribution < -0.4 is 4.72 Å². The van der Waals surface area contributed by atoms with Crippen LogP contribution in [0.25, 0.3) is 0 Å². The van der Waals surface area contributed by atoms with Crippen molar-refractivity contribution >= 4 is 10.0 Å². The quantitative estimate of drug-likeness (QED) is 0.214. The maximum atomic E-state index is 13.5. The Balaban J connectivity index is 1.38. The molecule has 7 nitrogen and oxygen atoms in total. The molecule has 0 spiro atoms. The number of aryl methyl sites for hydroxylation is 1. The van der Waals surface area contributed by atoms with Crippen molar-refractivity contribution in [2.75, 3.05) is 6.61 Å². The van der Waals surface area contributed by atoms with Crippen LogP contribution in [0.4, 0.5) is 0 Å². The summed E-state index contributed by atoms with van der Waals surface area (Å²) in [5.41, 5.74) is 3.99. The Bertz CT molecular complexity index is 1470. The van der Waals surface area contributed by atoms with E-state index in [9.17, 15) is 8.42 Å². The van der Waals surface area contributed by atoms with Crippen molar-refractivity contribution in [1.29, 1.82) is 0 Å². The summed E-state index contributed by atoms with van der Waals surface area (Å²) in [7, 11) is -3.85. The summed E-state index contributed by atoms with van der Waals surface area (Å²) in [5, 5.41) is 0. The van der Waals surface area contributed by atoms with Crippen LogP contribution in [0.5, 0.6) is 0 Å². The molecule has 4 atom stereocenters. The van der Waals surface area contributed by atoms with E-state index in [-0.39, 0.29) is 17.9 Å². The zero-order valence-electron chi connectivity index (χ0n) is 23.7. The molecule has 0 bridgehead atoms. The molecule has 5 rings (SSSR count). The van der Waals surface area contributed by atoms with Crippen molar-refractivity contribution in [2.24, 2.45) is 0 Å². The predicted octanol–water partition coefficient (Wildman–Crippen LogP) is 5.78. The van der Waals surface area contributed by atoms with Gasteiger partial charge in [-0.15, -0.1) is 0 Å². The van der Waals surface area contributed by atoms with E-state index in [1.807, 2.05) is 97.9 Å². The minimum absolute atomic E-state index is 0.194. The molecule has 0 saturated carbocycles. The van der Waals surface area contributed by atoms with E-state index in [0.29, 0.717) is 19.8 Å². The van der Waals surface area contributed by atoms with Crippen LogP contribution in [-0.2, 0) is 48.8 Å². The maximum absolute atomic E-state index is 13.5. The lowest BCUT2D eigenvalue weighted by Crippen LogP contribution is -2.58. The molecule has 0 amide bonds. The molecular formula is C34H37NO6S. The second-order valence-electron chi connectivity index (χ2n) is 10.4. The lowest BCUT2D eigenvalue weighted by atomic mass is 9.99. The monoisotopic (exact) mass is 587 g/mol. The summed E-state index contributed by atoms with van der Waals surface area (Å²) >= 11 is 0. The summed E-state index contributed by atoms with van der Waals surface area (Å²) in [6, 6.07) is 35.6. The third-order valence-corrected chi connectivity index (χ3v) is 8.64. The molecule has 0 unspecified atom stereocenters. The van der Waals surface area contributed by atoms with Gasteiger partial charge in [-0.1, -0.05) is 109 Å². The van der Waals surface area contributed by atoms with Crippen molar-refractivity contribution in [1.82, 2.24) is 4.72 Å². The zero-order chi connectivity index (χ0) is 29.2. The fourth-order valence-electron chi connectivity index (χ4n) is 4.89. The average Bonchev–Trinajstić information content (AvgIpc) is 3.01. The molecule has 42 heavy (non-hydrogen) atoms. The van der Waals surface area contributed by atoms with Gasteiger partial charge < -0.3 is 18.9 Å². The van der Waals surface area contributed by atoms with Crippen LogP contribution in [0, 0.1) is 6.92 Å². The first-order valence-corrected chi connectivity index (χ1v) is 15.6. The second kappa shape index (κ2) is 14.7. The molecule has 220 valence electrons. The normalized spacial score (nSPS) is 20.8. The fraction of sp³-hybridized carbons (Fsp3) is 0.294. The highest BCUT2D eigenvalue weighted by atomic mass is 32.2. The number of hydrogen-bond acceptors (Lipinski definition) is 6. The van der Waals surface area contributed by atoms with Gasteiger partial charge in [-0.2, -0.15) is 0 Å². The van der Waals surface area contributed by atoms with Gasteiger partial charge >= 0.3 is 0 Å². The van der Waals surface area contributed by atoms with Gasteiger partial charge in [-0.25, -0.2) is 13.1 Å². The molecule has 4 aromatic carbocycles. The van der Waals surface area contributed by atoms with Crippen LogP contribution in [0.15, 0.2) is 120 Å². The molecule has 1 N–H and O–H groups in total. The highest BCUT2D eigenvalue weighted by Crippen LogP contribution is 2.28. The topological polar surface area (TPSA) is 83.1 Å². The number of sulfonamides is 1. The second-order valence-corrected chi connectivity index (χ2v) is 12.2. The van der Waals surface area contributed by atoms with Gasteiger partial charge in [0.15, 0.2) is 6.29 Å². The van der Waals surface area contributed by atoms with Gasteiger partial charge in [0.1, 0.15) is 12.2 Å². The first kappa shape index (κ1) is 30.1.